The van der Waals surface area contributed by atoms with Crippen molar-refractivity contribution in [2.45, 2.75) is 19.4 Å². The molecule has 3 rings (SSSR count). The maximum absolute atomic E-state index is 12.4. The zero-order valence-electron chi connectivity index (χ0n) is 10.5. The highest BCUT2D eigenvalue weighted by Gasteiger charge is 2.29. The minimum absolute atomic E-state index is 0.222. The molecule has 2 aromatic rings. The van der Waals surface area contributed by atoms with E-state index in [0.29, 0.717) is 18.7 Å². The van der Waals surface area contributed by atoms with E-state index in [9.17, 15) is 9.90 Å². The van der Waals surface area contributed by atoms with Crippen LogP contribution in [-0.4, -0.2) is 22.7 Å². The molecule has 0 spiro atoms. The van der Waals surface area contributed by atoms with Crippen LogP contribution in [0.4, 0.5) is 5.69 Å². The molecular formula is C14H14N2O3. The fourth-order valence-electron chi connectivity index (χ4n) is 2.35. The van der Waals surface area contributed by atoms with E-state index in [1.807, 2.05) is 24.3 Å². The molecule has 0 radical (unpaired) electrons. The third kappa shape index (κ3) is 2.02. The summed E-state index contributed by atoms with van der Waals surface area (Å²) in [5.41, 5.74) is 2.19. The number of nitrogens with zero attached hydrogens (tertiary/aromatic N) is 2. The first-order chi connectivity index (χ1) is 9.16. The molecule has 0 bridgehead atoms. The van der Waals surface area contributed by atoms with Crippen LogP contribution in [0.1, 0.15) is 34.3 Å². The van der Waals surface area contributed by atoms with Crippen molar-refractivity contribution in [2.24, 2.45) is 0 Å². The van der Waals surface area contributed by atoms with Crippen LogP contribution in [-0.2, 0) is 0 Å². The number of amides is 1. The average Bonchev–Trinajstić information content (AvgIpc) is 2.86. The van der Waals surface area contributed by atoms with Crippen LogP contribution in [0.2, 0.25) is 0 Å². The van der Waals surface area contributed by atoms with Crippen molar-refractivity contribution in [3.8, 4) is 0 Å². The molecule has 1 unspecified atom stereocenters. The Hall–Kier alpha value is -2.14. The molecule has 98 valence electrons. The van der Waals surface area contributed by atoms with Gasteiger partial charge >= 0.3 is 0 Å². The molecule has 1 N–H and O–H groups in total. The number of carbonyl (C=O) groups is 1. The average molecular weight is 258 g/mol. The monoisotopic (exact) mass is 258 g/mol. The molecule has 1 aliphatic rings. The lowest BCUT2D eigenvalue weighted by molar-refractivity contribution is 0.0935. The van der Waals surface area contributed by atoms with Gasteiger partial charge in [0.1, 0.15) is 0 Å². The van der Waals surface area contributed by atoms with Crippen LogP contribution in [0.15, 0.2) is 34.9 Å². The summed E-state index contributed by atoms with van der Waals surface area (Å²) in [5.74, 6) is 0.00337. The molecule has 1 aromatic heterocycles. The van der Waals surface area contributed by atoms with Gasteiger partial charge in [-0.25, -0.2) is 0 Å². The van der Waals surface area contributed by atoms with Gasteiger partial charge in [-0.05, 0) is 19.4 Å². The van der Waals surface area contributed by atoms with E-state index in [1.54, 1.807) is 17.9 Å². The molecule has 1 amide bonds. The van der Waals surface area contributed by atoms with Crippen LogP contribution in [0.5, 0.6) is 0 Å². The highest BCUT2D eigenvalue weighted by atomic mass is 16.5. The van der Waals surface area contributed by atoms with Gasteiger partial charge in [-0.15, -0.1) is 0 Å². The number of aryl methyl sites for hydroxylation is 1. The van der Waals surface area contributed by atoms with Crippen molar-refractivity contribution < 1.29 is 14.4 Å². The van der Waals surface area contributed by atoms with E-state index in [0.717, 1.165) is 11.3 Å². The van der Waals surface area contributed by atoms with Gasteiger partial charge < -0.3 is 14.5 Å². The highest BCUT2D eigenvalue weighted by Crippen LogP contribution is 2.34. The Labute approximate surface area is 110 Å². The third-order valence-corrected chi connectivity index (χ3v) is 3.30. The topological polar surface area (TPSA) is 66.6 Å². The second-order valence-corrected chi connectivity index (χ2v) is 4.65. The number of hydrogen-bond acceptors (Lipinski definition) is 4. The molecule has 1 atom stereocenters. The quantitative estimate of drug-likeness (QED) is 0.850. The fraction of sp³-hybridized carbons (Fsp3) is 0.286. The molecule has 0 saturated carbocycles. The first kappa shape index (κ1) is 11.9. The lowest BCUT2D eigenvalue weighted by Crippen LogP contribution is -2.36. The summed E-state index contributed by atoms with van der Waals surface area (Å²) in [6.07, 6.45) is 0.00675. The van der Waals surface area contributed by atoms with Crippen LogP contribution >= 0.6 is 0 Å². The third-order valence-electron chi connectivity index (χ3n) is 3.30. The molecule has 5 heteroatoms. The number of para-hydroxylation sites is 1. The van der Waals surface area contributed by atoms with Gasteiger partial charge in [0.15, 0.2) is 0 Å². The minimum Gasteiger partial charge on any atom is -0.388 e. The summed E-state index contributed by atoms with van der Waals surface area (Å²) in [6, 6.07) is 9.00. The zero-order valence-corrected chi connectivity index (χ0v) is 10.5. The van der Waals surface area contributed by atoms with Gasteiger partial charge in [-0.1, -0.05) is 23.4 Å². The maximum Gasteiger partial charge on any atom is 0.296 e. The summed E-state index contributed by atoms with van der Waals surface area (Å²) in [7, 11) is 0. The maximum atomic E-state index is 12.4. The Morgan fingerprint density at radius 3 is 3.00 bits per heavy atom. The van der Waals surface area contributed by atoms with Gasteiger partial charge in [0.25, 0.3) is 5.91 Å². The summed E-state index contributed by atoms with van der Waals surface area (Å²) >= 11 is 0. The zero-order chi connectivity index (χ0) is 13.4. The summed E-state index contributed by atoms with van der Waals surface area (Å²) in [4.78, 5) is 14.0. The smallest absolute Gasteiger partial charge is 0.296 e. The van der Waals surface area contributed by atoms with Crippen molar-refractivity contribution in [1.29, 1.82) is 0 Å². The Morgan fingerprint density at radius 1 is 1.47 bits per heavy atom. The van der Waals surface area contributed by atoms with Crippen molar-refractivity contribution in [3.05, 3.63) is 47.3 Å². The van der Waals surface area contributed by atoms with E-state index < -0.39 is 6.10 Å². The molecule has 0 fully saturated rings. The van der Waals surface area contributed by atoms with Crippen molar-refractivity contribution in [1.82, 2.24) is 5.16 Å². The normalized spacial score (nSPS) is 18.2. The number of hydrogen-bond donors (Lipinski definition) is 1. The number of carbonyl (C=O) groups excluding carboxylic acids is 1. The van der Waals surface area contributed by atoms with E-state index in [2.05, 4.69) is 5.16 Å². The molecule has 5 nitrogen and oxygen atoms in total. The molecule has 1 aliphatic heterocycles. The summed E-state index contributed by atoms with van der Waals surface area (Å²) < 4.78 is 5.02. The lowest BCUT2D eigenvalue weighted by Gasteiger charge is -2.31. The predicted molar refractivity (Wildman–Crippen MR) is 68.9 cm³/mol. The Balaban J connectivity index is 1.98. The Morgan fingerprint density at radius 2 is 2.26 bits per heavy atom. The van der Waals surface area contributed by atoms with Gasteiger partial charge in [-0.2, -0.15) is 0 Å². The van der Waals surface area contributed by atoms with Gasteiger partial charge in [0.05, 0.1) is 11.8 Å². The number of benzene rings is 1. The van der Waals surface area contributed by atoms with E-state index in [1.165, 1.54) is 0 Å². The van der Waals surface area contributed by atoms with Gasteiger partial charge in [0.2, 0.25) is 5.76 Å². The van der Waals surface area contributed by atoms with Crippen molar-refractivity contribution in [3.63, 3.8) is 0 Å². The molecular weight excluding hydrogens is 244 g/mol. The van der Waals surface area contributed by atoms with E-state index in [-0.39, 0.29) is 11.7 Å². The Bertz CT molecular complexity index is 621. The van der Waals surface area contributed by atoms with Crippen LogP contribution in [0, 0.1) is 6.92 Å². The van der Waals surface area contributed by atoms with Crippen LogP contribution in [0.25, 0.3) is 0 Å². The molecule has 1 aromatic carbocycles. The molecule has 0 saturated heterocycles. The standard InChI is InChI=1S/C14H14N2O3/c1-9-8-13(19-15-9)14(18)16-7-6-12(17)10-4-2-3-5-11(10)16/h2-5,8,12,17H,6-7H2,1H3. The first-order valence-corrected chi connectivity index (χ1v) is 6.19. The number of rotatable bonds is 1. The van der Waals surface area contributed by atoms with Crippen LogP contribution in [0.3, 0.4) is 0 Å². The first-order valence-electron chi connectivity index (χ1n) is 6.19. The number of aliphatic hydroxyl groups is 1. The number of fused-ring (bicyclic) bond motifs is 1. The van der Waals surface area contributed by atoms with Crippen LogP contribution < -0.4 is 4.90 Å². The van der Waals surface area contributed by atoms with E-state index in [4.69, 9.17) is 4.52 Å². The summed E-state index contributed by atoms with van der Waals surface area (Å²) in [6.45, 7) is 2.24. The fourth-order valence-corrected chi connectivity index (χ4v) is 2.35. The lowest BCUT2D eigenvalue weighted by atomic mass is 9.98. The predicted octanol–water partition coefficient (Wildman–Crippen LogP) is 2.07. The number of aromatic nitrogens is 1. The largest absolute Gasteiger partial charge is 0.388 e. The Kier molecular flexibility index (Phi) is 2.83. The second kappa shape index (κ2) is 4.51. The van der Waals surface area contributed by atoms with Crippen molar-refractivity contribution >= 4 is 11.6 Å². The molecule has 19 heavy (non-hydrogen) atoms. The van der Waals surface area contributed by atoms with E-state index >= 15 is 0 Å². The van der Waals surface area contributed by atoms with Gasteiger partial charge in [-0.3, -0.25) is 4.79 Å². The van der Waals surface area contributed by atoms with Crippen molar-refractivity contribution in [2.75, 3.05) is 11.4 Å². The molecule has 0 aliphatic carbocycles. The number of aliphatic hydroxyl groups excluding tert-OH is 1. The molecule has 2 heterocycles. The minimum atomic E-state index is -0.517. The number of anilines is 1. The second-order valence-electron chi connectivity index (χ2n) is 4.65. The SMILES string of the molecule is Cc1cc(C(=O)N2CCC(O)c3ccccc32)on1. The highest BCUT2D eigenvalue weighted by molar-refractivity contribution is 6.04. The van der Waals surface area contributed by atoms with Gasteiger partial charge in [0, 0.05) is 23.9 Å². The summed E-state index contributed by atoms with van der Waals surface area (Å²) in [5, 5.41) is 13.7.